The Hall–Kier alpha value is -3.85. The zero-order valence-corrected chi connectivity index (χ0v) is 23.6. The molecule has 1 N–H and O–H groups in total. The minimum absolute atomic E-state index is 0.0552. The molecular formula is C30H37N3O5S. The highest BCUT2D eigenvalue weighted by Gasteiger charge is 2.33. The second-order valence-electron chi connectivity index (χ2n) is 9.10. The molecule has 0 fully saturated rings. The second-order valence-corrected chi connectivity index (χ2v) is 11.0. The van der Waals surface area contributed by atoms with Crippen LogP contribution >= 0.6 is 0 Å². The number of carbonyl (C=O) groups is 2. The van der Waals surface area contributed by atoms with Gasteiger partial charge in [0.05, 0.1) is 17.7 Å². The number of hydrogen-bond donors (Lipinski definition) is 1. The van der Waals surface area contributed by atoms with Crippen LogP contribution in [0, 0.1) is 0 Å². The molecule has 0 aliphatic heterocycles. The molecule has 2 amide bonds. The highest BCUT2D eigenvalue weighted by Crippen LogP contribution is 2.27. The van der Waals surface area contributed by atoms with Gasteiger partial charge in [0, 0.05) is 19.2 Å². The molecular weight excluding hydrogens is 514 g/mol. The molecule has 0 saturated heterocycles. The molecule has 3 rings (SSSR count). The number of nitrogens with one attached hydrogen (secondary N) is 1. The molecule has 1 atom stereocenters. The molecule has 0 radical (unpaired) electrons. The summed E-state index contributed by atoms with van der Waals surface area (Å²) in [6.07, 6.45) is 2.13. The Morgan fingerprint density at radius 2 is 1.59 bits per heavy atom. The molecule has 0 heterocycles. The summed E-state index contributed by atoms with van der Waals surface area (Å²) in [7, 11) is -2.63. The van der Waals surface area contributed by atoms with Gasteiger partial charge in [-0.15, -0.1) is 0 Å². The van der Waals surface area contributed by atoms with E-state index < -0.39 is 28.5 Å². The molecule has 0 saturated carbocycles. The lowest BCUT2D eigenvalue weighted by molar-refractivity contribution is -0.140. The molecule has 0 aromatic heterocycles. The normalized spacial score (nSPS) is 11.9. The Kier molecular flexibility index (Phi) is 10.9. The number of nitrogens with zero attached hydrogens (tertiary/aromatic N) is 2. The Balaban J connectivity index is 2.02. The van der Waals surface area contributed by atoms with Crippen molar-refractivity contribution in [1.82, 2.24) is 10.2 Å². The molecule has 0 aliphatic carbocycles. The van der Waals surface area contributed by atoms with Crippen molar-refractivity contribution < 1.29 is 22.7 Å². The van der Waals surface area contributed by atoms with Crippen LogP contribution in [0.2, 0.25) is 0 Å². The first-order valence-electron chi connectivity index (χ1n) is 13.1. The van der Waals surface area contributed by atoms with Crippen LogP contribution < -0.4 is 14.4 Å². The highest BCUT2D eigenvalue weighted by atomic mass is 32.2. The van der Waals surface area contributed by atoms with Crippen LogP contribution in [0.5, 0.6) is 5.75 Å². The van der Waals surface area contributed by atoms with E-state index in [2.05, 4.69) is 5.32 Å². The summed E-state index contributed by atoms with van der Waals surface area (Å²) >= 11 is 0. The van der Waals surface area contributed by atoms with Crippen molar-refractivity contribution in [2.24, 2.45) is 0 Å². The maximum Gasteiger partial charge on any atom is 0.264 e. The molecule has 208 valence electrons. The number of amides is 2. The predicted molar refractivity (Wildman–Crippen MR) is 153 cm³/mol. The Morgan fingerprint density at radius 1 is 0.923 bits per heavy atom. The van der Waals surface area contributed by atoms with Crippen molar-refractivity contribution in [1.29, 1.82) is 0 Å². The number of hydrogen-bond acceptors (Lipinski definition) is 5. The third kappa shape index (κ3) is 7.83. The van der Waals surface area contributed by atoms with Crippen molar-refractivity contribution in [3.63, 3.8) is 0 Å². The van der Waals surface area contributed by atoms with Gasteiger partial charge in [-0.25, -0.2) is 8.42 Å². The minimum Gasteiger partial charge on any atom is -0.497 e. The summed E-state index contributed by atoms with van der Waals surface area (Å²) in [5.41, 5.74) is 1.12. The average Bonchev–Trinajstić information content (AvgIpc) is 2.96. The third-order valence-corrected chi connectivity index (χ3v) is 8.15. The molecule has 0 unspecified atom stereocenters. The van der Waals surface area contributed by atoms with E-state index in [1.54, 1.807) is 42.5 Å². The lowest BCUT2D eigenvalue weighted by Gasteiger charge is -2.33. The smallest absolute Gasteiger partial charge is 0.264 e. The lowest BCUT2D eigenvalue weighted by Crippen LogP contribution is -2.52. The van der Waals surface area contributed by atoms with E-state index in [9.17, 15) is 18.0 Å². The number of ether oxygens (including phenoxy) is 1. The van der Waals surface area contributed by atoms with Crippen LogP contribution in [0.3, 0.4) is 0 Å². The molecule has 3 aromatic carbocycles. The second kappa shape index (κ2) is 14.3. The Morgan fingerprint density at radius 3 is 2.21 bits per heavy atom. The van der Waals surface area contributed by atoms with E-state index in [1.165, 1.54) is 24.1 Å². The number of carbonyl (C=O) groups excluding carboxylic acids is 2. The van der Waals surface area contributed by atoms with Crippen LogP contribution in [0.25, 0.3) is 0 Å². The van der Waals surface area contributed by atoms with Gasteiger partial charge in [-0.3, -0.25) is 13.9 Å². The molecule has 39 heavy (non-hydrogen) atoms. The standard InChI is InChI=1S/C30H37N3O5S/c1-4-6-20-31-30(35)28(5-2)32(22-24-14-9-7-10-15-24)29(34)23-33(25-16-13-17-26(21-25)38-3)39(36,37)27-18-11-8-12-19-27/h7-19,21,28H,4-6,20,22-23H2,1-3H3,(H,31,35)/t28-/m1/s1. The van der Waals surface area contributed by atoms with Gasteiger partial charge < -0.3 is 15.0 Å². The van der Waals surface area contributed by atoms with Gasteiger partial charge in [0.25, 0.3) is 10.0 Å². The van der Waals surface area contributed by atoms with Gasteiger partial charge in [0.1, 0.15) is 18.3 Å². The van der Waals surface area contributed by atoms with E-state index in [4.69, 9.17) is 4.74 Å². The summed E-state index contributed by atoms with van der Waals surface area (Å²) < 4.78 is 34.1. The fourth-order valence-corrected chi connectivity index (χ4v) is 5.65. The average molecular weight is 552 g/mol. The van der Waals surface area contributed by atoms with E-state index in [1.807, 2.05) is 44.2 Å². The number of unbranched alkanes of at least 4 members (excludes halogenated alkanes) is 1. The SMILES string of the molecule is CCCCNC(=O)[C@@H](CC)N(Cc1ccccc1)C(=O)CN(c1cccc(OC)c1)S(=O)(=O)c1ccccc1. The van der Waals surface area contributed by atoms with Crippen molar-refractivity contribution in [2.45, 2.75) is 50.6 Å². The summed E-state index contributed by atoms with van der Waals surface area (Å²) in [5.74, 6) is -0.288. The van der Waals surface area contributed by atoms with Crippen LogP contribution in [0.4, 0.5) is 5.69 Å². The molecule has 3 aromatic rings. The van der Waals surface area contributed by atoms with E-state index in [0.29, 0.717) is 18.7 Å². The quantitative estimate of drug-likeness (QED) is 0.295. The van der Waals surface area contributed by atoms with Gasteiger partial charge in [-0.05, 0) is 42.7 Å². The zero-order chi connectivity index (χ0) is 28.3. The van der Waals surface area contributed by atoms with Crippen molar-refractivity contribution in [3.05, 3.63) is 90.5 Å². The predicted octanol–water partition coefficient (Wildman–Crippen LogP) is 4.61. The Labute approximate surface area is 231 Å². The molecule has 9 heteroatoms. The van der Waals surface area contributed by atoms with Crippen LogP contribution in [0.1, 0.15) is 38.7 Å². The largest absolute Gasteiger partial charge is 0.497 e. The maximum atomic E-state index is 14.0. The Bertz CT molecular complexity index is 1320. The lowest BCUT2D eigenvalue weighted by atomic mass is 10.1. The van der Waals surface area contributed by atoms with Crippen molar-refractivity contribution >= 4 is 27.5 Å². The third-order valence-electron chi connectivity index (χ3n) is 6.36. The molecule has 0 bridgehead atoms. The first kappa shape index (κ1) is 29.7. The topological polar surface area (TPSA) is 96.0 Å². The van der Waals surface area contributed by atoms with Crippen LogP contribution in [-0.4, -0.2) is 51.4 Å². The first-order chi connectivity index (χ1) is 18.8. The summed E-state index contributed by atoms with van der Waals surface area (Å²) in [6, 6.07) is 23.1. The van der Waals surface area contributed by atoms with Gasteiger partial charge in [-0.1, -0.05) is 74.9 Å². The summed E-state index contributed by atoms with van der Waals surface area (Å²) in [5, 5.41) is 2.93. The molecule has 0 spiro atoms. The van der Waals surface area contributed by atoms with E-state index >= 15 is 0 Å². The van der Waals surface area contributed by atoms with E-state index in [-0.39, 0.29) is 23.0 Å². The number of sulfonamides is 1. The van der Waals surface area contributed by atoms with Gasteiger partial charge in [0.2, 0.25) is 11.8 Å². The zero-order valence-electron chi connectivity index (χ0n) is 22.7. The molecule has 8 nitrogen and oxygen atoms in total. The monoisotopic (exact) mass is 551 g/mol. The summed E-state index contributed by atoms with van der Waals surface area (Å²) in [4.78, 5) is 28.7. The highest BCUT2D eigenvalue weighted by molar-refractivity contribution is 7.92. The fourth-order valence-electron chi connectivity index (χ4n) is 4.22. The minimum atomic E-state index is -4.12. The maximum absolute atomic E-state index is 14.0. The summed E-state index contributed by atoms with van der Waals surface area (Å²) in [6.45, 7) is 4.06. The van der Waals surface area contributed by atoms with Gasteiger partial charge in [0.15, 0.2) is 0 Å². The number of anilines is 1. The van der Waals surface area contributed by atoms with E-state index in [0.717, 1.165) is 22.7 Å². The van der Waals surface area contributed by atoms with Gasteiger partial charge >= 0.3 is 0 Å². The molecule has 0 aliphatic rings. The number of rotatable bonds is 14. The number of methoxy groups -OCH3 is 1. The number of benzene rings is 3. The van der Waals surface area contributed by atoms with Crippen LogP contribution in [0.15, 0.2) is 89.8 Å². The fraction of sp³-hybridized carbons (Fsp3) is 0.333. The first-order valence-corrected chi connectivity index (χ1v) is 14.6. The van der Waals surface area contributed by atoms with Crippen molar-refractivity contribution in [2.75, 3.05) is 24.5 Å². The van der Waals surface area contributed by atoms with Crippen molar-refractivity contribution in [3.8, 4) is 5.75 Å². The van der Waals surface area contributed by atoms with Crippen LogP contribution in [-0.2, 0) is 26.2 Å². The van der Waals surface area contributed by atoms with Gasteiger partial charge in [-0.2, -0.15) is 0 Å².